The molecule has 0 saturated heterocycles. The summed E-state index contributed by atoms with van der Waals surface area (Å²) in [5.41, 5.74) is 6.45. The van der Waals surface area contributed by atoms with Crippen molar-refractivity contribution < 1.29 is 0 Å². The molecule has 7 heteroatoms. The summed E-state index contributed by atoms with van der Waals surface area (Å²) < 4.78 is 2.55. The van der Waals surface area contributed by atoms with E-state index in [1.54, 1.807) is 36.4 Å². The molecule has 2 N–H and O–H groups in total. The summed E-state index contributed by atoms with van der Waals surface area (Å²) in [6, 6.07) is 19.3. The molecule has 0 fully saturated rings. The third-order valence-corrected chi connectivity index (χ3v) is 4.49. The highest BCUT2D eigenvalue weighted by Crippen LogP contribution is 2.17. The number of anilines is 1. The summed E-state index contributed by atoms with van der Waals surface area (Å²) in [6.07, 6.45) is 0. The second kappa shape index (κ2) is 6.74. The maximum Gasteiger partial charge on any atom is 0.337 e. The number of halogens is 1. The van der Waals surface area contributed by atoms with E-state index in [2.05, 4.69) is 4.98 Å². The number of pyridine rings is 1. The first-order valence-electron chi connectivity index (χ1n) is 8.26. The van der Waals surface area contributed by atoms with Gasteiger partial charge in [0.25, 0.3) is 5.56 Å². The Hall–Kier alpha value is -3.38. The van der Waals surface area contributed by atoms with Gasteiger partial charge in [-0.05, 0) is 35.9 Å². The van der Waals surface area contributed by atoms with Gasteiger partial charge in [0.1, 0.15) is 5.82 Å². The molecule has 0 saturated carbocycles. The predicted molar refractivity (Wildman–Crippen MR) is 107 cm³/mol. The highest BCUT2D eigenvalue weighted by molar-refractivity contribution is 6.30. The van der Waals surface area contributed by atoms with Crippen LogP contribution in [0.3, 0.4) is 0 Å². The van der Waals surface area contributed by atoms with Crippen molar-refractivity contribution in [3.63, 3.8) is 0 Å². The van der Waals surface area contributed by atoms with Crippen LogP contribution in [0.4, 0.5) is 5.82 Å². The van der Waals surface area contributed by atoms with Crippen LogP contribution in [0.15, 0.2) is 76.3 Å². The van der Waals surface area contributed by atoms with Crippen LogP contribution in [0, 0.1) is 0 Å². The molecular formula is C20H15ClN4O2. The molecule has 0 spiro atoms. The van der Waals surface area contributed by atoms with E-state index in [4.69, 9.17) is 17.3 Å². The second-order valence-corrected chi connectivity index (χ2v) is 6.52. The molecule has 27 heavy (non-hydrogen) atoms. The first-order valence-corrected chi connectivity index (χ1v) is 8.64. The summed E-state index contributed by atoms with van der Waals surface area (Å²) in [5.74, 6) is 0.220. The third kappa shape index (κ3) is 3.11. The van der Waals surface area contributed by atoms with E-state index in [9.17, 15) is 9.59 Å². The standard InChI is InChI=1S/C20H15ClN4O2/c21-14-7-4-8-15(11-14)25-18-16(9-10-17(22)23-18)19(26)24(20(25)27)12-13-5-2-1-3-6-13/h1-11H,12H2,(H2,22,23). The zero-order chi connectivity index (χ0) is 19.0. The van der Waals surface area contributed by atoms with Crippen molar-refractivity contribution in [1.82, 2.24) is 14.1 Å². The molecule has 0 amide bonds. The topological polar surface area (TPSA) is 82.9 Å². The highest BCUT2D eigenvalue weighted by Gasteiger charge is 2.16. The van der Waals surface area contributed by atoms with Crippen molar-refractivity contribution >= 4 is 28.5 Å². The molecule has 2 heterocycles. The lowest BCUT2D eigenvalue weighted by atomic mass is 10.2. The number of benzene rings is 2. The number of fused-ring (bicyclic) bond motifs is 1. The lowest BCUT2D eigenvalue weighted by Gasteiger charge is -2.14. The number of hydrogen-bond acceptors (Lipinski definition) is 4. The van der Waals surface area contributed by atoms with Crippen molar-refractivity contribution in [3.05, 3.63) is 98.2 Å². The fourth-order valence-corrected chi connectivity index (χ4v) is 3.18. The van der Waals surface area contributed by atoms with Gasteiger partial charge in [-0.3, -0.25) is 9.36 Å². The minimum Gasteiger partial charge on any atom is -0.384 e. The van der Waals surface area contributed by atoms with Crippen LogP contribution < -0.4 is 17.0 Å². The van der Waals surface area contributed by atoms with Gasteiger partial charge in [0, 0.05) is 5.02 Å². The number of hydrogen-bond donors (Lipinski definition) is 1. The third-order valence-electron chi connectivity index (χ3n) is 4.26. The van der Waals surface area contributed by atoms with Gasteiger partial charge < -0.3 is 5.73 Å². The molecule has 0 atom stereocenters. The van der Waals surface area contributed by atoms with Crippen molar-refractivity contribution in [2.75, 3.05) is 5.73 Å². The fraction of sp³-hybridized carbons (Fsp3) is 0.0500. The van der Waals surface area contributed by atoms with E-state index < -0.39 is 11.2 Å². The van der Waals surface area contributed by atoms with Crippen LogP contribution in [0.2, 0.25) is 5.02 Å². The van der Waals surface area contributed by atoms with E-state index in [1.807, 2.05) is 30.3 Å². The van der Waals surface area contributed by atoms with Gasteiger partial charge in [0.15, 0.2) is 5.65 Å². The SMILES string of the molecule is Nc1ccc2c(=O)n(Cc3ccccc3)c(=O)n(-c3cccc(Cl)c3)c2n1. The Kier molecular flexibility index (Phi) is 4.25. The highest BCUT2D eigenvalue weighted by atomic mass is 35.5. The predicted octanol–water partition coefficient (Wildman–Crippen LogP) is 2.83. The number of nitrogen functional groups attached to an aromatic ring is 1. The molecule has 4 rings (SSSR count). The number of rotatable bonds is 3. The molecule has 2 aromatic heterocycles. The summed E-state index contributed by atoms with van der Waals surface area (Å²) in [4.78, 5) is 30.4. The average Bonchev–Trinajstić information content (AvgIpc) is 2.66. The van der Waals surface area contributed by atoms with Crippen molar-refractivity contribution in [2.45, 2.75) is 6.54 Å². The lowest BCUT2D eigenvalue weighted by Crippen LogP contribution is -2.40. The number of nitrogens with zero attached hydrogens (tertiary/aromatic N) is 3. The smallest absolute Gasteiger partial charge is 0.337 e. The summed E-state index contributed by atoms with van der Waals surface area (Å²) >= 11 is 6.10. The van der Waals surface area contributed by atoms with Gasteiger partial charge in [0.05, 0.1) is 17.6 Å². The maximum absolute atomic E-state index is 13.2. The van der Waals surface area contributed by atoms with E-state index >= 15 is 0 Å². The monoisotopic (exact) mass is 378 g/mol. The zero-order valence-electron chi connectivity index (χ0n) is 14.2. The second-order valence-electron chi connectivity index (χ2n) is 6.08. The summed E-state index contributed by atoms with van der Waals surface area (Å²) in [6.45, 7) is 0.152. The molecule has 2 aromatic carbocycles. The number of nitrogens with two attached hydrogens (primary N) is 1. The average molecular weight is 379 g/mol. The fourth-order valence-electron chi connectivity index (χ4n) is 3.00. The Morgan fingerprint density at radius 2 is 1.74 bits per heavy atom. The first-order chi connectivity index (χ1) is 13.0. The molecule has 134 valence electrons. The molecule has 0 aliphatic heterocycles. The van der Waals surface area contributed by atoms with Crippen LogP contribution in [-0.2, 0) is 6.54 Å². The molecular weight excluding hydrogens is 364 g/mol. The van der Waals surface area contributed by atoms with Crippen LogP contribution in [0.25, 0.3) is 16.7 Å². The summed E-state index contributed by atoms with van der Waals surface area (Å²) in [7, 11) is 0. The Labute approximate surface area is 159 Å². The molecule has 0 aliphatic carbocycles. The van der Waals surface area contributed by atoms with Gasteiger partial charge in [-0.1, -0.05) is 48.0 Å². The molecule has 0 radical (unpaired) electrons. The quantitative estimate of drug-likeness (QED) is 0.594. The minimum atomic E-state index is -0.503. The van der Waals surface area contributed by atoms with Gasteiger partial charge >= 0.3 is 5.69 Å². The van der Waals surface area contributed by atoms with Crippen LogP contribution in [0.1, 0.15) is 5.56 Å². The van der Waals surface area contributed by atoms with Crippen molar-refractivity contribution in [1.29, 1.82) is 0 Å². The molecule has 6 nitrogen and oxygen atoms in total. The molecule has 4 aromatic rings. The van der Waals surface area contributed by atoms with Crippen molar-refractivity contribution in [2.24, 2.45) is 0 Å². The molecule has 0 aliphatic rings. The van der Waals surface area contributed by atoms with Gasteiger partial charge in [-0.15, -0.1) is 0 Å². The van der Waals surface area contributed by atoms with E-state index in [-0.39, 0.29) is 18.0 Å². The maximum atomic E-state index is 13.2. The normalized spacial score (nSPS) is 11.0. The van der Waals surface area contributed by atoms with Gasteiger partial charge in [-0.25, -0.2) is 14.3 Å². The Bertz CT molecular complexity index is 1260. The Morgan fingerprint density at radius 1 is 0.963 bits per heavy atom. The van der Waals surface area contributed by atoms with Crippen LogP contribution >= 0.6 is 11.6 Å². The Balaban J connectivity index is 2.07. The van der Waals surface area contributed by atoms with E-state index in [0.29, 0.717) is 16.1 Å². The first kappa shape index (κ1) is 17.1. The van der Waals surface area contributed by atoms with Crippen molar-refractivity contribution in [3.8, 4) is 5.69 Å². The van der Waals surface area contributed by atoms with E-state index in [1.165, 1.54) is 9.13 Å². The van der Waals surface area contributed by atoms with Crippen LogP contribution in [0.5, 0.6) is 0 Å². The van der Waals surface area contributed by atoms with Crippen LogP contribution in [-0.4, -0.2) is 14.1 Å². The van der Waals surface area contributed by atoms with E-state index in [0.717, 1.165) is 5.56 Å². The Morgan fingerprint density at radius 3 is 2.48 bits per heavy atom. The van der Waals surface area contributed by atoms with Gasteiger partial charge in [0.2, 0.25) is 0 Å². The summed E-state index contributed by atoms with van der Waals surface area (Å²) in [5, 5.41) is 0.775. The molecule has 0 unspecified atom stereocenters. The largest absolute Gasteiger partial charge is 0.384 e. The molecule has 0 bridgehead atoms. The zero-order valence-corrected chi connectivity index (χ0v) is 14.9. The van der Waals surface area contributed by atoms with Gasteiger partial charge in [-0.2, -0.15) is 0 Å². The number of aromatic nitrogens is 3. The minimum absolute atomic E-state index is 0.152. The lowest BCUT2D eigenvalue weighted by molar-refractivity contribution is 0.683.